The van der Waals surface area contributed by atoms with Crippen molar-refractivity contribution in [2.45, 2.75) is 30.5 Å². The molecule has 148 valence electrons. The standard InChI is InChI=1S/C15H11F7N2O3/c16-13(17,14(18,19)15(20,21)22)12(27)24-10(11(25)26)5-7-6-23-9-4-2-1-3-8(7)9/h1-4,6,10,23H,5H2,(H,24,27)(H,25,26)/p-1/t10-/m0/s1. The van der Waals surface area contributed by atoms with E-state index in [9.17, 15) is 45.4 Å². The van der Waals surface area contributed by atoms with Crippen LogP contribution >= 0.6 is 0 Å². The summed E-state index contributed by atoms with van der Waals surface area (Å²) < 4.78 is 88.8. The molecule has 1 aromatic carbocycles. The van der Waals surface area contributed by atoms with Gasteiger partial charge in [-0.2, -0.15) is 30.7 Å². The van der Waals surface area contributed by atoms with Crippen LogP contribution in [0.1, 0.15) is 5.56 Å². The quantitative estimate of drug-likeness (QED) is 0.727. The number of carbonyl (C=O) groups excluding carboxylic acids is 2. The van der Waals surface area contributed by atoms with Gasteiger partial charge in [0, 0.05) is 23.5 Å². The zero-order chi connectivity index (χ0) is 20.6. The van der Waals surface area contributed by atoms with Gasteiger partial charge in [-0.1, -0.05) is 18.2 Å². The molecule has 1 aromatic heterocycles. The van der Waals surface area contributed by atoms with Gasteiger partial charge >= 0.3 is 18.0 Å². The summed E-state index contributed by atoms with van der Waals surface area (Å²) in [6.45, 7) is 0. The number of halogens is 7. The number of nitrogens with one attached hydrogen (secondary N) is 2. The third kappa shape index (κ3) is 3.69. The zero-order valence-electron chi connectivity index (χ0n) is 13.0. The molecule has 0 aliphatic carbocycles. The maximum absolute atomic E-state index is 13.3. The second-order valence-electron chi connectivity index (χ2n) is 5.56. The van der Waals surface area contributed by atoms with Crippen molar-refractivity contribution < 1.29 is 45.4 Å². The highest BCUT2D eigenvalue weighted by Gasteiger charge is 2.76. The van der Waals surface area contributed by atoms with Crippen LogP contribution in [0.2, 0.25) is 0 Å². The molecule has 0 aliphatic rings. The van der Waals surface area contributed by atoms with Gasteiger partial charge in [0.15, 0.2) is 0 Å². The molecule has 27 heavy (non-hydrogen) atoms. The van der Waals surface area contributed by atoms with E-state index >= 15 is 0 Å². The number of carboxylic acid groups (broad SMARTS) is 1. The fraction of sp³-hybridized carbons (Fsp3) is 0.333. The van der Waals surface area contributed by atoms with Crippen LogP contribution in [0.15, 0.2) is 30.5 Å². The maximum atomic E-state index is 13.3. The molecule has 0 unspecified atom stereocenters. The van der Waals surface area contributed by atoms with Crippen LogP contribution in [0.5, 0.6) is 0 Å². The van der Waals surface area contributed by atoms with E-state index in [4.69, 9.17) is 0 Å². The summed E-state index contributed by atoms with van der Waals surface area (Å²) in [5, 5.41) is 12.5. The number of alkyl halides is 7. The first-order chi connectivity index (χ1) is 12.3. The average molecular weight is 399 g/mol. The van der Waals surface area contributed by atoms with Crippen molar-refractivity contribution in [2.24, 2.45) is 0 Å². The molecular formula is C15H10F7N2O3-. The lowest BCUT2D eigenvalue weighted by atomic mass is 10.0. The van der Waals surface area contributed by atoms with E-state index in [0.717, 1.165) is 5.32 Å². The molecule has 2 aromatic rings. The minimum atomic E-state index is -6.72. The molecule has 1 heterocycles. The van der Waals surface area contributed by atoms with E-state index in [-0.39, 0.29) is 5.56 Å². The molecule has 2 N–H and O–H groups in total. The second-order valence-corrected chi connectivity index (χ2v) is 5.56. The lowest BCUT2D eigenvalue weighted by Crippen LogP contribution is -2.62. The molecule has 0 radical (unpaired) electrons. The zero-order valence-corrected chi connectivity index (χ0v) is 13.0. The van der Waals surface area contributed by atoms with E-state index in [2.05, 4.69) is 4.98 Å². The molecule has 0 bridgehead atoms. The van der Waals surface area contributed by atoms with Gasteiger partial charge in [-0.05, 0) is 11.6 Å². The van der Waals surface area contributed by atoms with Crippen molar-refractivity contribution in [3.8, 4) is 0 Å². The first-order valence-corrected chi connectivity index (χ1v) is 7.18. The molecule has 0 saturated heterocycles. The number of rotatable bonds is 6. The van der Waals surface area contributed by atoms with Crippen molar-refractivity contribution in [1.29, 1.82) is 0 Å². The Labute approximate surface area is 146 Å². The van der Waals surface area contributed by atoms with E-state index in [1.165, 1.54) is 12.3 Å². The van der Waals surface area contributed by atoms with Crippen LogP contribution in [0.3, 0.4) is 0 Å². The van der Waals surface area contributed by atoms with E-state index in [1.54, 1.807) is 18.2 Å². The van der Waals surface area contributed by atoms with Gasteiger partial charge < -0.3 is 20.2 Å². The molecule has 0 spiro atoms. The van der Waals surface area contributed by atoms with Gasteiger partial charge in [0.2, 0.25) is 0 Å². The average Bonchev–Trinajstić information content (AvgIpc) is 2.96. The molecule has 2 rings (SSSR count). The summed E-state index contributed by atoms with van der Waals surface area (Å²) in [5.41, 5.74) is 0.704. The fourth-order valence-corrected chi connectivity index (χ4v) is 2.28. The van der Waals surface area contributed by atoms with Gasteiger partial charge in [0.05, 0.1) is 12.0 Å². The number of para-hydroxylation sites is 1. The largest absolute Gasteiger partial charge is 0.548 e. The van der Waals surface area contributed by atoms with Gasteiger partial charge in [-0.15, -0.1) is 0 Å². The number of fused-ring (bicyclic) bond motifs is 1. The summed E-state index contributed by atoms with van der Waals surface area (Å²) in [7, 11) is 0. The first kappa shape index (κ1) is 20.5. The summed E-state index contributed by atoms with van der Waals surface area (Å²) in [6.07, 6.45) is -6.14. The fourth-order valence-electron chi connectivity index (χ4n) is 2.28. The van der Waals surface area contributed by atoms with E-state index < -0.39 is 42.4 Å². The van der Waals surface area contributed by atoms with Crippen LogP contribution in [-0.2, 0) is 16.0 Å². The van der Waals surface area contributed by atoms with Crippen LogP contribution in [0.4, 0.5) is 30.7 Å². The smallest absolute Gasteiger partial charge is 0.460 e. The SMILES string of the molecule is O=C([O-])[C@H](Cc1c[nH]c2ccccc12)NC(=O)C(F)(F)C(F)(F)C(F)(F)F. The molecule has 12 heteroatoms. The third-order valence-electron chi connectivity index (χ3n) is 3.72. The number of H-pyrrole nitrogens is 1. The lowest BCUT2D eigenvalue weighted by Gasteiger charge is -2.29. The van der Waals surface area contributed by atoms with Gasteiger partial charge in [-0.25, -0.2) is 0 Å². The molecule has 0 saturated carbocycles. The minimum absolute atomic E-state index is 0.186. The molecule has 0 fully saturated rings. The van der Waals surface area contributed by atoms with Crippen molar-refractivity contribution in [3.63, 3.8) is 0 Å². The normalized spacial score (nSPS) is 14.2. The molecule has 1 amide bonds. The predicted octanol–water partition coefficient (Wildman–Crippen LogP) is 1.78. The summed E-state index contributed by atoms with van der Waals surface area (Å²) >= 11 is 0. The molecule has 5 nitrogen and oxygen atoms in total. The number of aromatic nitrogens is 1. The number of hydrogen-bond acceptors (Lipinski definition) is 3. The number of aliphatic carboxylic acids is 1. The summed E-state index contributed by atoms with van der Waals surface area (Å²) in [6, 6.07) is 4.02. The van der Waals surface area contributed by atoms with E-state index in [1.807, 2.05) is 0 Å². The first-order valence-electron chi connectivity index (χ1n) is 7.18. The van der Waals surface area contributed by atoms with Crippen LogP contribution in [0, 0.1) is 0 Å². The molecule has 1 atom stereocenters. The van der Waals surface area contributed by atoms with Crippen LogP contribution in [0.25, 0.3) is 10.9 Å². The van der Waals surface area contributed by atoms with Crippen molar-refractivity contribution >= 4 is 22.8 Å². The molecular weight excluding hydrogens is 389 g/mol. The highest BCUT2D eigenvalue weighted by atomic mass is 19.4. The minimum Gasteiger partial charge on any atom is -0.548 e. The highest BCUT2D eigenvalue weighted by Crippen LogP contribution is 2.46. The Bertz CT molecular complexity index is 860. The van der Waals surface area contributed by atoms with Gasteiger partial charge in [0.25, 0.3) is 5.91 Å². The summed E-state index contributed by atoms with van der Waals surface area (Å²) in [5.74, 6) is -18.1. The number of carbonyl (C=O) groups is 2. The van der Waals surface area contributed by atoms with Gasteiger partial charge in [0.1, 0.15) is 0 Å². The van der Waals surface area contributed by atoms with Crippen molar-refractivity contribution in [3.05, 3.63) is 36.0 Å². The lowest BCUT2D eigenvalue weighted by molar-refractivity contribution is -0.344. The number of amides is 1. The Kier molecular flexibility index (Phi) is 5.12. The van der Waals surface area contributed by atoms with E-state index in [0.29, 0.717) is 10.9 Å². The highest BCUT2D eigenvalue weighted by molar-refractivity contribution is 5.89. The topological polar surface area (TPSA) is 85.0 Å². The Hall–Kier alpha value is -2.79. The monoisotopic (exact) mass is 399 g/mol. The second kappa shape index (κ2) is 6.74. The number of benzene rings is 1. The van der Waals surface area contributed by atoms with Crippen LogP contribution in [-0.4, -0.2) is 40.9 Å². The Balaban J connectivity index is 2.26. The predicted molar refractivity (Wildman–Crippen MR) is 74.9 cm³/mol. The van der Waals surface area contributed by atoms with Crippen LogP contribution < -0.4 is 10.4 Å². The summed E-state index contributed by atoms with van der Waals surface area (Å²) in [4.78, 5) is 25.1. The maximum Gasteiger partial charge on any atom is 0.460 e. The van der Waals surface area contributed by atoms with Crippen molar-refractivity contribution in [2.75, 3.05) is 0 Å². The number of aromatic amines is 1. The Morgan fingerprint density at radius 3 is 2.22 bits per heavy atom. The van der Waals surface area contributed by atoms with Crippen molar-refractivity contribution in [1.82, 2.24) is 10.3 Å². The number of hydrogen-bond donors (Lipinski definition) is 2. The third-order valence-corrected chi connectivity index (χ3v) is 3.72. The Morgan fingerprint density at radius 1 is 1.07 bits per heavy atom. The van der Waals surface area contributed by atoms with Gasteiger partial charge in [-0.3, -0.25) is 4.79 Å². The molecule has 0 aliphatic heterocycles. The number of carboxylic acids is 1. The Morgan fingerprint density at radius 2 is 1.67 bits per heavy atom.